The summed E-state index contributed by atoms with van der Waals surface area (Å²) in [6.07, 6.45) is 2.34. The lowest BCUT2D eigenvalue weighted by Crippen LogP contribution is -2.42. The molecule has 0 radical (unpaired) electrons. The Hall–Kier alpha value is -3.17. The molecule has 2 aromatic carbocycles. The number of aromatic nitrogens is 1. The number of nitrogens with one attached hydrogen (secondary N) is 1. The number of ether oxygens (including phenoxy) is 1. The van der Waals surface area contributed by atoms with E-state index in [4.69, 9.17) is 4.74 Å². The highest BCUT2D eigenvalue weighted by Gasteiger charge is 2.51. The molecule has 0 bridgehead atoms. The standard InChI is InChI=1S/C24H18F3N3O2S/c25-17-6-15(9-28-11-17)18-7-19(21(27)8-20(18)26)24-13-32-12-16(24)10-29-23(33-24)30-22(31)14-4-2-1-3-5-14/h1-9,11,16H,10,12-13H2,(H,29,30,31)/t16-,24-/m0/s1. The Morgan fingerprint density at radius 3 is 2.70 bits per heavy atom. The van der Waals surface area contributed by atoms with Gasteiger partial charge >= 0.3 is 0 Å². The Morgan fingerprint density at radius 2 is 1.91 bits per heavy atom. The number of carbonyl (C=O) groups excluding carboxylic acids is 1. The number of fused-ring (bicyclic) bond motifs is 1. The Morgan fingerprint density at radius 1 is 1.09 bits per heavy atom. The summed E-state index contributed by atoms with van der Waals surface area (Å²) in [5.41, 5.74) is 0.926. The van der Waals surface area contributed by atoms with Gasteiger partial charge in [0.15, 0.2) is 5.17 Å². The van der Waals surface area contributed by atoms with Crippen molar-refractivity contribution in [2.75, 3.05) is 19.8 Å². The number of nitrogens with zero attached hydrogens (tertiary/aromatic N) is 2. The minimum atomic E-state index is -0.922. The highest BCUT2D eigenvalue weighted by atomic mass is 32.2. The summed E-state index contributed by atoms with van der Waals surface area (Å²) >= 11 is 1.19. The zero-order chi connectivity index (χ0) is 23.0. The molecule has 0 aliphatic carbocycles. The van der Waals surface area contributed by atoms with Crippen LogP contribution in [0.4, 0.5) is 13.2 Å². The molecule has 33 heavy (non-hydrogen) atoms. The fraction of sp³-hybridized carbons (Fsp3) is 0.208. The van der Waals surface area contributed by atoms with Crippen LogP contribution in [0.2, 0.25) is 0 Å². The van der Waals surface area contributed by atoms with E-state index in [-0.39, 0.29) is 35.1 Å². The van der Waals surface area contributed by atoms with E-state index in [2.05, 4.69) is 15.3 Å². The van der Waals surface area contributed by atoms with Crippen molar-refractivity contribution < 1.29 is 22.7 Å². The van der Waals surface area contributed by atoms with E-state index in [1.165, 1.54) is 24.0 Å². The normalized spacial score (nSPS) is 21.9. The van der Waals surface area contributed by atoms with Crippen molar-refractivity contribution in [3.05, 3.63) is 89.5 Å². The van der Waals surface area contributed by atoms with E-state index in [9.17, 15) is 13.6 Å². The molecule has 2 atom stereocenters. The van der Waals surface area contributed by atoms with Crippen LogP contribution in [0.1, 0.15) is 15.9 Å². The summed E-state index contributed by atoms with van der Waals surface area (Å²) in [6, 6.07) is 12.0. The molecule has 1 amide bonds. The Kier molecular flexibility index (Phi) is 5.67. The topological polar surface area (TPSA) is 63.6 Å². The number of pyridine rings is 1. The number of aliphatic imine (C=N–C) groups is 1. The van der Waals surface area contributed by atoms with Crippen LogP contribution < -0.4 is 5.32 Å². The first kappa shape index (κ1) is 21.7. The van der Waals surface area contributed by atoms with E-state index >= 15 is 4.39 Å². The molecule has 0 saturated carbocycles. The van der Waals surface area contributed by atoms with Gasteiger partial charge < -0.3 is 10.1 Å². The van der Waals surface area contributed by atoms with Gasteiger partial charge in [-0.3, -0.25) is 14.8 Å². The third-order valence-electron chi connectivity index (χ3n) is 5.81. The van der Waals surface area contributed by atoms with Crippen molar-refractivity contribution in [3.8, 4) is 11.1 Å². The summed E-state index contributed by atoms with van der Waals surface area (Å²) in [4.78, 5) is 20.9. The van der Waals surface area contributed by atoms with Crippen LogP contribution in [0, 0.1) is 23.4 Å². The maximum atomic E-state index is 15.2. The molecule has 5 rings (SSSR count). The van der Waals surface area contributed by atoms with Crippen LogP contribution in [-0.2, 0) is 9.48 Å². The second kappa shape index (κ2) is 8.64. The van der Waals surface area contributed by atoms with Gasteiger partial charge in [-0.15, -0.1) is 0 Å². The largest absolute Gasteiger partial charge is 0.379 e. The molecule has 1 N–H and O–H groups in total. The van der Waals surface area contributed by atoms with Gasteiger partial charge in [-0.05, 0) is 24.3 Å². The fourth-order valence-corrected chi connectivity index (χ4v) is 5.49. The second-order valence-electron chi connectivity index (χ2n) is 7.87. The molecule has 3 heterocycles. The number of amides is 1. The number of thioether (sulfide) groups is 1. The second-order valence-corrected chi connectivity index (χ2v) is 9.19. The van der Waals surface area contributed by atoms with E-state index in [1.54, 1.807) is 24.3 Å². The molecule has 1 saturated heterocycles. The summed E-state index contributed by atoms with van der Waals surface area (Å²) in [5.74, 6) is -2.69. The maximum absolute atomic E-state index is 15.2. The van der Waals surface area contributed by atoms with Gasteiger partial charge in [-0.2, -0.15) is 0 Å². The van der Waals surface area contributed by atoms with Gasteiger partial charge in [0.05, 0.1) is 24.2 Å². The smallest absolute Gasteiger partial charge is 0.257 e. The number of rotatable bonds is 3. The lowest BCUT2D eigenvalue weighted by molar-refractivity contribution is 0.0977. The zero-order valence-corrected chi connectivity index (χ0v) is 18.0. The lowest BCUT2D eigenvalue weighted by Gasteiger charge is -2.36. The molecule has 5 nitrogen and oxygen atoms in total. The Labute approximate surface area is 192 Å². The Bertz CT molecular complexity index is 1250. The van der Waals surface area contributed by atoms with Crippen molar-refractivity contribution in [1.82, 2.24) is 10.3 Å². The van der Waals surface area contributed by atoms with E-state index < -0.39 is 22.2 Å². The van der Waals surface area contributed by atoms with E-state index in [0.717, 1.165) is 18.3 Å². The highest BCUT2D eigenvalue weighted by Crippen LogP contribution is 2.51. The molecule has 1 aromatic heterocycles. The van der Waals surface area contributed by atoms with Crippen LogP contribution in [0.5, 0.6) is 0 Å². The van der Waals surface area contributed by atoms with Gasteiger partial charge in [0.2, 0.25) is 0 Å². The van der Waals surface area contributed by atoms with Gasteiger partial charge in [-0.25, -0.2) is 13.2 Å². The number of carbonyl (C=O) groups is 1. The number of hydrogen-bond donors (Lipinski definition) is 1. The molecule has 3 aromatic rings. The minimum Gasteiger partial charge on any atom is -0.379 e. The van der Waals surface area contributed by atoms with Crippen LogP contribution in [0.25, 0.3) is 11.1 Å². The molecule has 2 aliphatic rings. The highest BCUT2D eigenvalue weighted by molar-refractivity contribution is 8.14. The zero-order valence-electron chi connectivity index (χ0n) is 17.2. The number of amidine groups is 1. The monoisotopic (exact) mass is 469 g/mol. The summed E-state index contributed by atoms with van der Waals surface area (Å²) in [7, 11) is 0. The molecule has 168 valence electrons. The summed E-state index contributed by atoms with van der Waals surface area (Å²) < 4.78 is 48.3. The SMILES string of the molecule is O=C(NC1=NC[C@H]2COC[C@]2(c2cc(-c3cncc(F)c3)c(F)cc2F)S1)c1ccccc1. The predicted molar refractivity (Wildman–Crippen MR) is 119 cm³/mol. The van der Waals surface area contributed by atoms with Crippen LogP contribution in [0.3, 0.4) is 0 Å². The first-order chi connectivity index (χ1) is 16.0. The van der Waals surface area contributed by atoms with Crippen LogP contribution in [0.15, 0.2) is 65.9 Å². The van der Waals surface area contributed by atoms with Crippen molar-refractivity contribution in [2.45, 2.75) is 4.75 Å². The average molecular weight is 469 g/mol. The van der Waals surface area contributed by atoms with Crippen LogP contribution >= 0.6 is 11.8 Å². The first-order valence-corrected chi connectivity index (χ1v) is 11.1. The lowest BCUT2D eigenvalue weighted by atomic mass is 9.85. The van der Waals surface area contributed by atoms with Gasteiger partial charge in [-0.1, -0.05) is 30.0 Å². The molecule has 0 unspecified atom stereocenters. The summed E-state index contributed by atoms with van der Waals surface area (Å²) in [5, 5.41) is 3.13. The van der Waals surface area contributed by atoms with E-state index in [0.29, 0.717) is 23.9 Å². The maximum Gasteiger partial charge on any atom is 0.257 e. The third-order valence-corrected chi connectivity index (χ3v) is 7.27. The molecule has 2 aliphatic heterocycles. The van der Waals surface area contributed by atoms with Crippen molar-refractivity contribution >= 4 is 22.8 Å². The summed E-state index contributed by atoms with van der Waals surface area (Å²) in [6.45, 7) is 0.821. The number of halogens is 3. The predicted octanol–water partition coefficient (Wildman–Crippen LogP) is 4.54. The molecule has 0 spiro atoms. The van der Waals surface area contributed by atoms with Gasteiger partial charge in [0.1, 0.15) is 17.5 Å². The molecule has 1 fully saturated rings. The van der Waals surface area contributed by atoms with Crippen molar-refractivity contribution in [1.29, 1.82) is 0 Å². The molecule has 9 heteroatoms. The quantitative estimate of drug-likeness (QED) is 0.612. The first-order valence-electron chi connectivity index (χ1n) is 10.2. The minimum absolute atomic E-state index is 0.0383. The number of hydrogen-bond acceptors (Lipinski definition) is 5. The Balaban J connectivity index is 1.51. The van der Waals surface area contributed by atoms with Gasteiger partial charge in [0.25, 0.3) is 5.91 Å². The fourth-order valence-electron chi connectivity index (χ4n) is 4.15. The molecular formula is C24H18F3N3O2S. The number of benzene rings is 2. The van der Waals surface area contributed by atoms with Crippen LogP contribution in [-0.4, -0.2) is 35.8 Å². The van der Waals surface area contributed by atoms with E-state index in [1.807, 2.05) is 6.07 Å². The average Bonchev–Trinajstić information content (AvgIpc) is 3.23. The van der Waals surface area contributed by atoms with Gasteiger partial charge in [0, 0.05) is 47.0 Å². The van der Waals surface area contributed by atoms with Crippen molar-refractivity contribution in [2.24, 2.45) is 10.9 Å². The third kappa shape index (κ3) is 4.02. The molecular weight excluding hydrogens is 451 g/mol. The van der Waals surface area contributed by atoms with Crippen molar-refractivity contribution in [3.63, 3.8) is 0 Å².